The molecule has 0 unspecified atom stereocenters. The number of nitrogens with zero attached hydrogens (tertiary/aromatic N) is 1. The summed E-state index contributed by atoms with van der Waals surface area (Å²) >= 11 is 0. The lowest BCUT2D eigenvalue weighted by Crippen LogP contribution is -2.19. The smallest absolute Gasteiger partial charge is 0.403 e. The molecule has 1 aromatic carbocycles. The molecule has 8 heteroatoms. The molecule has 0 bridgehead atoms. The summed E-state index contributed by atoms with van der Waals surface area (Å²) in [7, 11) is 1.64. The summed E-state index contributed by atoms with van der Waals surface area (Å²) in [5, 5.41) is 0.234. The number of allylic oxidation sites excluding steroid dienone is 3. The third-order valence-electron chi connectivity index (χ3n) is 3.64. The van der Waals surface area contributed by atoms with Crippen molar-refractivity contribution >= 4 is 22.2 Å². The van der Waals surface area contributed by atoms with E-state index in [9.17, 15) is 18.0 Å². The third kappa shape index (κ3) is 3.74. The van der Waals surface area contributed by atoms with Gasteiger partial charge >= 0.3 is 11.8 Å². The molecule has 0 aliphatic carbocycles. The van der Waals surface area contributed by atoms with Gasteiger partial charge in [-0.1, -0.05) is 12.6 Å². The predicted molar refractivity (Wildman–Crippen MR) is 91.3 cm³/mol. The van der Waals surface area contributed by atoms with Gasteiger partial charge in [-0.05, 0) is 38.0 Å². The van der Waals surface area contributed by atoms with Gasteiger partial charge in [0.1, 0.15) is 5.39 Å². The van der Waals surface area contributed by atoms with Crippen LogP contribution in [0, 0.1) is 13.8 Å². The first kappa shape index (κ1) is 18.7. The molecule has 0 saturated carbocycles. The summed E-state index contributed by atoms with van der Waals surface area (Å²) in [6.07, 6.45) is -3.76. The molecule has 0 spiro atoms. The Bertz CT molecular complexity index is 927. The van der Waals surface area contributed by atoms with Crippen LogP contribution in [-0.4, -0.2) is 18.2 Å². The number of aromatic nitrogens is 1. The zero-order valence-corrected chi connectivity index (χ0v) is 14.3. The minimum absolute atomic E-state index is 0.0597. The van der Waals surface area contributed by atoms with Crippen LogP contribution in [0.3, 0.4) is 0 Å². The van der Waals surface area contributed by atoms with E-state index < -0.39 is 17.4 Å². The molecule has 0 atom stereocenters. The van der Waals surface area contributed by atoms with Gasteiger partial charge in [0.05, 0.1) is 11.2 Å². The Hall–Kier alpha value is -2.61. The monoisotopic (exact) mass is 353 g/mol. The molecular weight excluding hydrogens is 335 g/mol. The lowest BCUT2D eigenvalue weighted by molar-refractivity contribution is -0.0877. The molecular formula is C17H18F3N3O2. The molecule has 0 aliphatic heterocycles. The Morgan fingerprint density at radius 2 is 1.96 bits per heavy atom. The van der Waals surface area contributed by atoms with Crippen molar-refractivity contribution in [3.8, 4) is 0 Å². The van der Waals surface area contributed by atoms with Crippen LogP contribution >= 0.6 is 0 Å². The number of nitrogens with one attached hydrogen (secondary N) is 2. The van der Waals surface area contributed by atoms with E-state index >= 15 is 0 Å². The van der Waals surface area contributed by atoms with E-state index in [1.807, 2.05) is 13.0 Å². The number of aryl methyl sites for hydroxylation is 2. The van der Waals surface area contributed by atoms with Crippen molar-refractivity contribution in [3.63, 3.8) is 0 Å². The number of hydrazine groups is 1. The van der Waals surface area contributed by atoms with Crippen molar-refractivity contribution in [3.05, 3.63) is 51.7 Å². The summed E-state index contributed by atoms with van der Waals surface area (Å²) in [5.74, 6) is -0.176. The van der Waals surface area contributed by atoms with Gasteiger partial charge in [-0.15, -0.1) is 0 Å². The molecule has 0 aliphatic rings. The highest BCUT2D eigenvalue weighted by Gasteiger charge is 2.30. The maximum atomic E-state index is 12.6. The van der Waals surface area contributed by atoms with Crippen LogP contribution in [0.5, 0.6) is 0 Å². The lowest BCUT2D eigenvalue weighted by Gasteiger charge is -2.13. The minimum atomic E-state index is -4.56. The highest BCUT2D eigenvalue weighted by atomic mass is 19.4. The Kier molecular flexibility index (Phi) is 5.03. The van der Waals surface area contributed by atoms with Crippen molar-refractivity contribution in [2.24, 2.45) is 0 Å². The van der Waals surface area contributed by atoms with E-state index in [0.717, 1.165) is 11.6 Å². The Morgan fingerprint density at radius 3 is 2.52 bits per heavy atom. The Labute approximate surface area is 142 Å². The number of hydrogen-bond donors (Lipinski definition) is 2. The molecule has 0 radical (unpaired) electrons. The van der Waals surface area contributed by atoms with E-state index in [0.29, 0.717) is 16.8 Å². The van der Waals surface area contributed by atoms with Gasteiger partial charge in [-0.3, -0.25) is 0 Å². The predicted octanol–water partition coefficient (Wildman–Crippen LogP) is 3.87. The molecule has 134 valence electrons. The second-order valence-electron chi connectivity index (χ2n) is 5.64. The molecule has 2 N–H and O–H groups in total. The first-order valence-electron chi connectivity index (χ1n) is 7.38. The number of alkyl halides is 3. The van der Waals surface area contributed by atoms with Crippen LogP contribution in [0.2, 0.25) is 0 Å². The molecule has 25 heavy (non-hydrogen) atoms. The minimum Gasteiger partial charge on any atom is -0.403 e. The van der Waals surface area contributed by atoms with Crippen LogP contribution < -0.4 is 16.5 Å². The molecule has 0 saturated heterocycles. The topological polar surface area (TPSA) is 67.2 Å². The molecule has 1 heterocycles. The van der Waals surface area contributed by atoms with Gasteiger partial charge in [0.25, 0.3) is 0 Å². The fourth-order valence-electron chi connectivity index (χ4n) is 2.44. The number of anilines is 1. The normalized spacial score (nSPS) is 12.5. The SMILES string of the molecule is C=C(/C=C(\C)c1nc2c(C)cc(C)c(NNC)c2c(=O)o1)C(F)(F)F. The number of halogens is 3. The average molecular weight is 353 g/mol. The maximum Gasteiger partial charge on any atom is 0.415 e. The summed E-state index contributed by atoms with van der Waals surface area (Å²) in [4.78, 5) is 16.7. The van der Waals surface area contributed by atoms with Crippen LogP contribution in [0.25, 0.3) is 16.5 Å². The molecule has 2 aromatic rings. The zero-order chi connectivity index (χ0) is 18.9. The van der Waals surface area contributed by atoms with Crippen LogP contribution in [0.1, 0.15) is 23.9 Å². The molecule has 2 rings (SSSR count). The first-order valence-corrected chi connectivity index (χ1v) is 7.38. The fraction of sp³-hybridized carbons (Fsp3) is 0.294. The quantitative estimate of drug-likeness (QED) is 0.645. The summed E-state index contributed by atoms with van der Waals surface area (Å²) in [5.41, 5.74) is 6.31. The lowest BCUT2D eigenvalue weighted by atomic mass is 10.1. The van der Waals surface area contributed by atoms with E-state index in [2.05, 4.69) is 22.4 Å². The Morgan fingerprint density at radius 1 is 1.32 bits per heavy atom. The Balaban J connectivity index is 2.69. The first-order chi connectivity index (χ1) is 11.6. The van der Waals surface area contributed by atoms with E-state index in [1.165, 1.54) is 6.92 Å². The maximum absolute atomic E-state index is 12.6. The largest absolute Gasteiger partial charge is 0.415 e. The molecule has 1 aromatic heterocycles. The fourth-order valence-corrected chi connectivity index (χ4v) is 2.44. The third-order valence-corrected chi connectivity index (χ3v) is 3.64. The van der Waals surface area contributed by atoms with Gasteiger partial charge in [-0.25, -0.2) is 15.2 Å². The number of fused-ring (bicyclic) bond motifs is 1. The summed E-state index contributed by atoms with van der Waals surface area (Å²) in [6.45, 7) is 7.94. The van der Waals surface area contributed by atoms with E-state index in [4.69, 9.17) is 4.42 Å². The average Bonchev–Trinajstić information content (AvgIpc) is 2.50. The highest BCUT2D eigenvalue weighted by Crippen LogP contribution is 2.29. The van der Waals surface area contributed by atoms with Crippen molar-refractivity contribution in [2.75, 3.05) is 12.5 Å². The standard InChI is InChI=1S/C17H18F3N3O2/c1-8-6-9(2)14(23-21-5)12-13(8)22-15(25-16(12)24)10(3)7-11(4)17(18,19)20/h6-7,21,23H,4H2,1-3,5H3/b10-7+. The van der Waals surface area contributed by atoms with E-state index in [-0.39, 0.29) is 16.9 Å². The van der Waals surface area contributed by atoms with Gasteiger partial charge in [0, 0.05) is 18.2 Å². The number of rotatable bonds is 4. The number of benzene rings is 1. The summed E-state index contributed by atoms with van der Waals surface area (Å²) in [6, 6.07) is 1.83. The van der Waals surface area contributed by atoms with Gasteiger partial charge in [-0.2, -0.15) is 13.2 Å². The molecule has 0 fully saturated rings. The van der Waals surface area contributed by atoms with Crippen molar-refractivity contribution in [1.82, 2.24) is 10.4 Å². The second-order valence-corrected chi connectivity index (χ2v) is 5.64. The van der Waals surface area contributed by atoms with Crippen LogP contribution in [-0.2, 0) is 0 Å². The van der Waals surface area contributed by atoms with Crippen molar-refractivity contribution in [2.45, 2.75) is 26.9 Å². The molecule has 0 amide bonds. The van der Waals surface area contributed by atoms with E-state index in [1.54, 1.807) is 14.0 Å². The summed E-state index contributed by atoms with van der Waals surface area (Å²) < 4.78 is 43.0. The second kappa shape index (κ2) is 6.72. The number of hydrogen-bond acceptors (Lipinski definition) is 5. The highest BCUT2D eigenvalue weighted by molar-refractivity contribution is 5.94. The van der Waals surface area contributed by atoms with Crippen molar-refractivity contribution in [1.29, 1.82) is 0 Å². The molecule has 5 nitrogen and oxygen atoms in total. The van der Waals surface area contributed by atoms with Gasteiger partial charge in [0.15, 0.2) is 0 Å². The van der Waals surface area contributed by atoms with Crippen LogP contribution in [0.4, 0.5) is 18.9 Å². The van der Waals surface area contributed by atoms with Gasteiger partial charge in [0.2, 0.25) is 5.89 Å². The van der Waals surface area contributed by atoms with Crippen molar-refractivity contribution < 1.29 is 17.6 Å². The zero-order valence-electron chi connectivity index (χ0n) is 14.3. The van der Waals surface area contributed by atoms with Gasteiger partial charge < -0.3 is 9.84 Å². The van der Waals surface area contributed by atoms with Crippen LogP contribution in [0.15, 0.2) is 33.5 Å².